The summed E-state index contributed by atoms with van der Waals surface area (Å²) >= 11 is 0. The van der Waals surface area contributed by atoms with Crippen LogP contribution in [0.2, 0.25) is 0 Å². The zero-order valence-corrected chi connectivity index (χ0v) is 13.1. The fraction of sp³-hybridized carbons (Fsp3) is 0.400. The van der Waals surface area contributed by atoms with E-state index in [1.165, 1.54) is 30.6 Å². The molecule has 1 heterocycles. The maximum Gasteiger partial charge on any atom is 0.115 e. The summed E-state index contributed by atoms with van der Waals surface area (Å²) in [6, 6.07) is 16.8. The fourth-order valence-electron chi connectivity index (χ4n) is 4.52. The summed E-state index contributed by atoms with van der Waals surface area (Å²) in [5.74, 6) is 2.20. The lowest BCUT2D eigenvalue weighted by Crippen LogP contribution is -2.38. The van der Waals surface area contributed by atoms with Crippen LogP contribution in [0.4, 0.5) is 0 Å². The van der Waals surface area contributed by atoms with Gasteiger partial charge in [-0.3, -0.25) is 0 Å². The van der Waals surface area contributed by atoms with Crippen LogP contribution >= 0.6 is 0 Å². The van der Waals surface area contributed by atoms with Crippen LogP contribution in [0.3, 0.4) is 0 Å². The highest BCUT2D eigenvalue weighted by molar-refractivity contribution is 5.47. The first-order chi connectivity index (χ1) is 10.8. The van der Waals surface area contributed by atoms with E-state index < -0.39 is 0 Å². The van der Waals surface area contributed by atoms with E-state index in [-0.39, 0.29) is 0 Å². The molecule has 0 radical (unpaired) electrons. The quantitative estimate of drug-likeness (QED) is 0.906. The van der Waals surface area contributed by atoms with Gasteiger partial charge in [-0.1, -0.05) is 43.3 Å². The van der Waals surface area contributed by atoms with Gasteiger partial charge in [-0.2, -0.15) is 0 Å². The second-order valence-corrected chi connectivity index (χ2v) is 6.65. The van der Waals surface area contributed by atoms with E-state index in [4.69, 9.17) is 0 Å². The predicted molar refractivity (Wildman–Crippen MR) is 89.4 cm³/mol. The van der Waals surface area contributed by atoms with Crippen LogP contribution in [0.25, 0.3) is 0 Å². The van der Waals surface area contributed by atoms with Crippen molar-refractivity contribution in [2.24, 2.45) is 5.92 Å². The van der Waals surface area contributed by atoms with Gasteiger partial charge in [0.05, 0.1) is 0 Å². The van der Waals surface area contributed by atoms with Crippen molar-refractivity contribution < 1.29 is 5.11 Å². The summed E-state index contributed by atoms with van der Waals surface area (Å²) in [4.78, 5) is 2.58. The summed E-state index contributed by atoms with van der Waals surface area (Å²) in [5, 5.41) is 9.59. The molecule has 0 amide bonds. The smallest absolute Gasteiger partial charge is 0.115 e. The molecule has 114 valence electrons. The maximum absolute atomic E-state index is 9.59. The summed E-state index contributed by atoms with van der Waals surface area (Å²) in [7, 11) is 0. The number of phenolic OH excluding ortho intramolecular Hbond substituents is 1. The molecule has 1 fully saturated rings. The molecule has 2 aromatic carbocycles. The van der Waals surface area contributed by atoms with Gasteiger partial charge in [-0.05, 0) is 54.3 Å². The lowest BCUT2D eigenvalue weighted by molar-refractivity contribution is 0.167. The van der Waals surface area contributed by atoms with Crippen LogP contribution in [0.15, 0.2) is 48.5 Å². The van der Waals surface area contributed by atoms with Crippen LogP contribution in [0.1, 0.15) is 41.9 Å². The predicted octanol–water partition coefficient (Wildman–Crippen LogP) is 3.96. The van der Waals surface area contributed by atoms with Crippen molar-refractivity contribution in [2.75, 3.05) is 19.6 Å². The third kappa shape index (κ3) is 2.14. The van der Waals surface area contributed by atoms with Crippen LogP contribution in [-0.4, -0.2) is 29.6 Å². The van der Waals surface area contributed by atoms with Crippen molar-refractivity contribution in [3.05, 3.63) is 65.2 Å². The van der Waals surface area contributed by atoms with Crippen LogP contribution < -0.4 is 0 Å². The highest BCUT2D eigenvalue weighted by Gasteiger charge is 2.43. The lowest BCUT2D eigenvalue weighted by atomic mass is 9.78. The SMILES string of the molecule is CCN1CC[C@H]2[C@H](c3ccc(O)cc3)c3ccccc3[C@H]2C1. The second kappa shape index (κ2) is 5.44. The van der Waals surface area contributed by atoms with Gasteiger partial charge in [0.1, 0.15) is 5.75 Å². The minimum Gasteiger partial charge on any atom is -0.508 e. The van der Waals surface area contributed by atoms with E-state index >= 15 is 0 Å². The molecule has 0 saturated carbocycles. The molecule has 2 aliphatic rings. The number of rotatable bonds is 2. The first-order valence-corrected chi connectivity index (χ1v) is 8.38. The van der Waals surface area contributed by atoms with Crippen molar-refractivity contribution in [3.8, 4) is 5.75 Å². The molecule has 2 nitrogen and oxygen atoms in total. The van der Waals surface area contributed by atoms with Gasteiger partial charge in [-0.15, -0.1) is 0 Å². The summed E-state index contributed by atoms with van der Waals surface area (Å²) in [5.41, 5.74) is 4.40. The van der Waals surface area contributed by atoms with Crippen LogP contribution in [0.5, 0.6) is 5.75 Å². The standard InChI is InChI=1S/C20H23NO/c1-2-21-12-11-18-19(13-21)16-5-3-4-6-17(16)20(18)14-7-9-15(22)10-8-14/h3-10,18-20,22H,2,11-13H2,1H3/t18-,19-,20-/m1/s1. The number of aromatic hydroxyl groups is 1. The van der Waals surface area contributed by atoms with E-state index in [1.54, 1.807) is 5.56 Å². The molecule has 0 aromatic heterocycles. The molecular formula is C20H23NO. The van der Waals surface area contributed by atoms with Crippen LogP contribution in [0, 0.1) is 5.92 Å². The minimum atomic E-state index is 0.354. The Balaban J connectivity index is 1.77. The lowest BCUT2D eigenvalue weighted by Gasteiger charge is -2.37. The molecule has 2 heteroatoms. The van der Waals surface area contributed by atoms with Gasteiger partial charge in [0.2, 0.25) is 0 Å². The van der Waals surface area contributed by atoms with Crippen molar-refractivity contribution in [1.29, 1.82) is 0 Å². The fourth-order valence-corrected chi connectivity index (χ4v) is 4.52. The number of likely N-dealkylation sites (tertiary alicyclic amines) is 1. The van der Waals surface area contributed by atoms with E-state index in [0.29, 0.717) is 23.5 Å². The third-order valence-electron chi connectivity index (χ3n) is 5.61. The molecule has 3 atom stereocenters. The Morgan fingerprint density at radius 1 is 1.05 bits per heavy atom. The number of nitrogens with zero attached hydrogens (tertiary/aromatic N) is 1. The van der Waals surface area contributed by atoms with Gasteiger partial charge in [0, 0.05) is 18.4 Å². The van der Waals surface area contributed by atoms with Crippen molar-refractivity contribution >= 4 is 0 Å². The molecule has 1 aliphatic carbocycles. The normalized spacial score (nSPS) is 27.4. The van der Waals surface area contributed by atoms with Gasteiger partial charge < -0.3 is 10.0 Å². The molecule has 1 N–H and O–H groups in total. The van der Waals surface area contributed by atoms with Crippen LogP contribution in [-0.2, 0) is 0 Å². The number of fused-ring (bicyclic) bond motifs is 3. The zero-order chi connectivity index (χ0) is 15.1. The molecule has 22 heavy (non-hydrogen) atoms. The van der Waals surface area contributed by atoms with Gasteiger partial charge in [-0.25, -0.2) is 0 Å². The number of piperidine rings is 1. The van der Waals surface area contributed by atoms with E-state index in [1.807, 2.05) is 12.1 Å². The first kappa shape index (κ1) is 13.8. The minimum absolute atomic E-state index is 0.354. The highest BCUT2D eigenvalue weighted by atomic mass is 16.3. The monoisotopic (exact) mass is 293 g/mol. The van der Waals surface area contributed by atoms with E-state index in [2.05, 4.69) is 48.2 Å². The Labute approximate surface area is 132 Å². The molecule has 1 aliphatic heterocycles. The number of phenols is 1. The van der Waals surface area contributed by atoms with Gasteiger partial charge in [0.25, 0.3) is 0 Å². The molecule has 2 aromatic rings. The van der Waals surface area contributed by atoms with Crippen molar-refractivity contribution in [2.45, 2.75) is 25.2 Å². The molecule has 4 rings (SSSR count). The molecule has 0 unspecified atom stereocenters. The molecular weight excluding hydrogens is 270 g/mol. The number of hydrogen-bond donors (Lipinski definition) is 1. The van der Waals surface area contributed by atoms with E-state index in [0.717, 1.165) is 6.54 Å². The van der Waals surface area contributed by atoms with E-state index in [9.17, 15) is 5.11 Å². The maximum atomic E-state index is 9.59. The number of hydrogen-bond acceptors (Lipinski definition) is 2. The topological polar surface area (TPSA) is 23.5 Å². The Morgan fingerprint density at radius 3 is 2.50 bits per heavy atom. The number of benzene rings is 2. The van der Waals surface area contributed by atoms with Crippen molar-refractivity contribution in [1.82, 2.24) is 4.90 Å². The Morgan fingerprint density at radius 2 is 1.77 bits per heavy atom. The highest BCUT2D eigenvalue weighted by Crippen LogP contribution is 2.52. The Hall–Kier alpha value is -1.80. The zero-order valence-electron chi connectivity index (χ0n) is 13.1. The Kier molecular flexibility index (Phi) is 3.42. The Bertz CT molecular complexity index is 664. The second-order valence-electron chi connectivity index (χ2n) is 6.65. The average molecular weight is 293 g/mol. The molecule has 0 spiro atoms. The third-order valence-corrected chi connectivity index (χ3v) is 5.61. The van der Waals surface area contributed by atoms with Gasteiger partial charge in [0.15, 0.2) is 0 Å². The van der Waals surface area contributed by atoms with Crippen molar-refractivity contribution in [3.63, 3.8) is 0 Å². The first-order valence-electron chi connectivity index (χ1n) is 8.38. The van der Waals surface area contributed by atoms with Gasteiger partial charge >= 0.3 is 0 Å². The summed E-state index contributed by atoms with van der Waals surface area (Å²) < 4.78 is 0. The largest absolute Gasteiger partial charge is 0.508 e. The summed E-state index contributed by atoms with van der Waals surface area (Å²) in [6.45, 7) is 5.81. The molecule has 1 saturated heterocycles. The summed E-state index contributed by atoms with van der Waals surface area (Å²) in [6.07, 6.45) is 1.26. The molecule has 0 bridgehead atoms. The number of likely N-dealkylation sites (N-methyl/N-ethyl adjacent to an activating group) is 1. The average Bonchev–Trinajstić information content (AvgIpc) is 2.89.